The first-order valence-electron chi connectivity index (χ1n) is 7.82. The maximum absolute atomic E-state index is 11.1. The lowest BCUT2D eigenvalue weighted by Gasteiger charge is -2.15. The SMILES string of the molecule is COCCC(c1cc2ccccc2[nH]1)n1cc(C=CC(=O)NO)nn1. The van der Waals surface area contributed by atoms with Crippen LogP contribution in [0.1, 0.15) is 23.9 Å². The van der Waals surface area contributed by atoms with Gasteiger partial charge in [-0.15, -0.1) is 5.10 Å². The first kappa shape index (κ1) is 16.9. The van der Waals surface area contributed by atoms with Crippen LogP contribution in [-0.2, 0) is 9.53 Å². The third kappa shape index (κ3) is 3.93. The second-order valence-corrected chi connectivity index (χ2v) is 5.54. The van der Waals surface area contributed by atoms with E-state index in [1.54, 1.807) is 18.0 Å². The molecular formula is C17H19N5O3. The molecule has 0 aliphatic heterocycles. The number of hydrogen-bond donors (Lipinski definition) is 3. The molecule has 8 heteroatoms. The molecular weight excluding hydrogens is 322 g/mol. The van der Waals surface area contributed by atoms with Gasteiger partial charge in [0.15, 0.2) is 0 Å². The van der Waals surface area contributed by atoms with Crippen LogP contribution in [0, 0.1) is 0 Å². The number of carbonyl (C=O) groups excluding carboxylic acids is 1. The van der Waals surface area contributed by atoms with Gasteiger partial charge in [-0.2, -0.15) is 0 Å². The summed E-state index contributed by atoms with van der Waals surface area (Å²) < 4.78 is 6.96. The van der Waals surface area contributed by atoms with Gasteiger partial charge in [-0.1, -0.05) is 23.4 Å². The normalized spacial score (nSPS) is 12.7. The van der Waals surface area contributed by atoms with E-state index < -0.39 is 5.91 Å². The van der Waals surface area contributed by atoms with Crippen molar-refractivity contribution in [2.45, 2.75) is 12.5 Å². The number of methoxy groups -OCH3 is 1. The van der Waals surface area contributed by atoms with Crippen molar-refractivity contribution < 1.29 is 14.7 Å². The van der Waals surface area contributed by atoms with Gasteiger partial charge in [0.2, 0.25) is 0 Å². The zero-order chi connectivity index (χ0) is 17.6. The van der Waals surface area contributed by atoms with Crippen molar-refractivity contribution in [2.75, 3.05) is 13.7 Å². The Bertz CT molecular complexity index is 850. The Balaban J connectivity index is 1.89. The summed E-state index contributed by atoms with van der Waals surface area (Å²) in [5, 5.41) is 17.8. The van der Waals surface area contributed by atoms with E-state index in [2.05, 4.69) is 21.4 Å². The molecule has 1 amide bonds. The fourth-order valence-corrected chi connectivity index (χ4v) is 2.65. The molecule has 1 aromatic carbocycles. The molecule has 25 heavy (non-hydrogen) atoms. The van der Waals surface area contributed by atoms with E-state index in [1.165, 1.54) is 17.6 Å². The number of hydrogen-bond acceptors (Lipinski definition) is 5. The summed E-state index contributed by atoms with van der Waals surface area (Å²) in [7, 11) is 1.66. The fourth-order valence-electron chi connectivity index (χ4n) is 2.65. The molecule has 8 nitrogen and oxygen atoms in total. The molecule has 2 aromatic heterocycles. The molecule has 3 N–H and O–H groups in total. The molecule has 0 bridgehead atoms. The average molecular weight is 341 g/mol. The van der Waals surface area contributed by atoms with Crippen LogP contribution in [0.25, 0.3) is 17.0 Å². The van der Waals surface area contributed by atoms with Crippen molar-refractivity contribution >= 4 is 22.9 Å². The number of aromatic nitrogens is 4. The van der Waals surface area contributed by atoms with Crippen LogP contribution in [-0.4, -0.2) is 44.8 Å². The van der Waals surface area contributed by atoms with Crippen molar-refractivity contribution in [3.05, 3.63) is 54.0 Å². The molecule has 3 aromatic rings. The minimum atomic E-state index is -0.624. The highest BCUT2D eigenvalue weighted by Gasteiger charge is 2.17. The summed E-state index contributed by atoms with van der Waals surface area (Å²) in [5.41, 5.74) is 4.11. The maximum Gasteiger partial charge on any atom is 0.267 e. The van der Waals surface area contributed by atoms with Crippen LogP contribution in [0.15, 0.2) is 42.6 Å². The summed E-state index contributed by atoms with van der Waals surface area (Å²) in [6, 6.07) is 10.1. The number of amides is 1. The molecule has 0 aliphatic carbocycles. The largest absolute Gasteiger partial charge is 0.385 e. The Morgan fingerprint density at radius 1 is 1.48 bits per heavy atom. The summed E-state index contributed by atoms with van der Waals surface area (Å²) >= 11 is 0. The summed E-state index contributed by atoms with van der Waals surface area (Å²) in [4.78, 5) is 14.5. The molecule has 0 spiro atoms. The quantitative estimate of drug-likeness (QED) is 0.346. The number of aromatic amines is 1. The molecule has 0 saturated heterocycles. The van der Waals surface area contributed by atoms with Gasteiger partial charge >= 0.3 is 0 Å². The van der Waals surface area contributed by atoms with Gasteiger partial charge in [-0.25, -0.2) is 10.2 Å². The third-order valence-corrected chi connectivity index (χ3v) is 3.87. The van der Waals surface area contributed by atoms with Crippen LogP contribution < -0.4 is 5.48 Å². The van der Waals surface area contributed by atoms with Crippen LogP contribution in [0.4, 0.5) is 0 Å². The zero-order valence-corrected chi connectivity index (χ0v) is 13.7. The van der Waals surface area contributed by atoms with Crippen LogP contribution in [0.5, 0.6) is 0 Å². The lowest BCUT2D eigenvalue weighted by atomic mass is 10.1. The van der Waals surface area contributed by atoms with Gasteiger partial charge in [0.1, 0.15) is 5.69 Å². The fraction of sp³-hybridized carbons (Fsp3) is 0.235. The number of nitrogens with zero attached hydrogens (tertiary/aromatic N) is 3. The monoisotopic (exact) mass is 341 g/mol. The Hall–Kier alpha value is -2.97. The highest BCUT2D eigenvalue weighted by atomic mass is 16.5. The Morgan fingerprint density at radius 3 is 3.08 bits per heavy atom. The second-order valence-electron chi connectivity index (χ2n) is 5.54. The lowest BCUT2D eigenvalue weighted by Crippen LogP contribution is -2.14. The Labute approximate surface area is 144 Å². The van der Waals surface area contributed by atoms with Crippen molar-refractivity contribution in [1.29, 1.82) is 0 Å². The highest BCUT2D eigenvalue weighted by Crippen LogP contribution is 2.25. The number of rotatable bonds is 7. The lowest BCUT2D eigenvalue weighted by molar-refractivity contribution is -0.124. The van der Waals surface area contributed by atoms with E-state index in [0.29, 0.717) is 18.7 Å². The van der Waals surface area contributed by atoms with E-state index in [0.717, 1.165) is 16.6 Å². The van der Waals surface area contributed by atoms with E-state index in [9.17, 15) is 4.79 Å². The van der Waals surface area contributed by atoms with Crippen molar-refractivity contribution in [1.82, 2.24) is 25.5 Å². The zero-order valence-electron chi connectivity index (χ0n) is 13.7. The second kappa shape index (κ2) is 7.73. The molecule has 2 heterocycles. The van der Waals surface area contributed by atoms with E-state index in [-0.39, 0.29) is 6.04 Å². The minimum absolute atomic E-state index is 0.0753. The number of para-hydroxylation sites is 1. The Morgan fingerprint density at radius 2 is 2.32 bits per heavy atom. The predicted octanol–water partition coefficient (Wildman–Crippen LogP) is 1.90. The number of nitrogens with one attached hydrogen (secondary N) is 2. The number of H-pyrrole nitrogens is 1. The number of hydroxylamine groups is 1. The standard InChI is InChI=1S/C17H19N5O3/c1-25-9-8-16(15-10-12-4-2-3-5-14(12)18-15)22-11-13(19-21-22)6-7-17(23)20-24/h2-7,10-11,16,18,24H,8-9H2,1H3,(H,20,23). The summed E-state index contributed by atoms with van der Waals surface area (Å²) in [6.07, 6.45) is 5.12. The van der Waals surface area contributed by atoms with E-state index in [4.69, 9.17) is 9.94 Å². The maximum atomic E-state index is 11.1. The topological polar surface area (TPSA) is 105 Å². The first-order valence-corrected chi connectivity index (χ1v) is 7.82. The van der Waals surface area contributed by atoms with E-state index >= 15 is 0 Å². The van der Waals surface area contributed by atoms with Gasteiger partial charge in [-0.05, 0) is 30.0 Å². The number of carbonyl (C=O) groups is 1. The third-order valence-electron chi connectivity index (χ3n) is 3.87. The average Bonchev–Trinajstić information content (AvgIpc) is 3.27. The summed E-state index contributed by atoms with van der Waals surface area (Å²) in [6.45, 7) is 0.567. The van der Waals surface area contributed by atoms with Gasteiger partial charge in [0, 0.05) is 31.0 Å². The van der Waals surface area contributed by atoms with Crippen molar-refractivity contribution in [3.8, 4) is 0 Å². The smallest absolute Gasteiger partial charge is 0.267 e. The van der Waals surface area contributed by atoms with Gasteiger partial charge in [-0.3, -0.25) is 10.0 Å². The predicted molar refractivity (Wildman–Crippen MR) is 91.9 cm³/mol. The van der Waals surface area contributed by atoms with Gasteiger partial charge in [0.25, 0.3) is 5.91 Å². The summed E-state index contributed by atoms with van der Waals surface area (Å²) in [5.74, 6) is -0.624. The molecule has 0 fully saturated rings. The van der Waals surface area contributed by atoms with Crippen LogP contribution in [0.3, 0.4) is 0 Å². The van der Waals surface area contributed by atoms with Crippen LogP contribution >= 0.6 is 0 Å². The molecule has 0 radical (unpaired) electrons. The van der Waals surface area contributed by atoms with Crippen molar-refractivity contribution in [3.63, 3.8) is 0 Å². The number of benzene rings is 1. The number of fused-ring (bicyclic) bond motifs is 1. The van der Waals surface area contributed by atoms with E-state index in [1.807, 2.05) is 24.3 Å². The minimum Gasteiger partial charge on any atom is -0.385 e. The molecule has 0 saturated carbocycles. The molecule has 130 valence electrons. The van der Waals surface area contributed by atoms with Crippen LogP contribution in [0.2, 0.25) is 0 Å². The Kier molecular flexibility index (Phi) is 5.22. The molecule has 1 atom stereocenters. The molecule has 3 rings (SSSR count). The number of ether oxygens (including phenoxy) is 1. The molecule has 0 aliphatic rings. The highest BCUT2D eigenvalue weighted by molar-refractivity contribution is 5.90. The van der Waals surface area contributed by atoms with Crippen molar-refractivity contribution in [2.24, 2.45) is 0 Å². The molecule has 1 unspecified atom stereocenters. The van der Waals surface area contributed by atoms with Gasteiger partial charge in [0.05, 0.1) is 12.2 Å². The van der Waals surface area contributed by atoms with Gasteiger partial charge < -0.3 is 9.72 Å². The first-order chi connectivity index (χ1) is 12.2.